The summed E-state index contributed by atoms with van der Waals surface area (Å²) in [5, 5.41) is 53.1. The molecule has 0 fully saturated rings. The summed E-state index contributed by atoms with van der Waals surface area (Å²) in [5.41, 5.74) is 16.0. The normalized spacial score (nSPS) is 13.3. The zero-order chi connectivity index (χ0) is 109. The molecule has 0 saturated carbocycles. The first kappa shape index (κ1) is 123. The Balaban J connectivity index is 0.733. The summed E-state index contributed by atoms with van der Waals surface area (Å²) >= 11 is 0. The van der Waals surface area contributed by atoms with E-state index in [0.29, 0.717) is 172 Å². The lowest BCUT2D eigenvalue weighted by atomic mass is 9.99. The summed E-state index contributed by atoms with van der Waals surface area (Å²) in [6.07, 6.45) is 4.40. The van der Waals surface area contributed by atoms with Gasteiger partial charge in [-0.2, -0.15) is 0 Å². The zero-order valence-electron chi connectivity index (χ0n) is 85.1. The molecule has 17 N–H and O–H groups in total. The van der Waals surface area contributed by atoms with Gasteiger partial charge in [0.2, 0.25) is 47.3 Å². The minimum absolute atomic E-state index is 0.00314. The summed E-state index contributed by atoms with van der Waals surface area (Å²) in [5.74, 6) is -12.5. The van der Waals surface area contributed by atoms with Gasteiger partial charge in [0.25, 0.3) is 23.6 Å². The van der Waals surface area contributed by atoms with E-state index in [1.54, 1.807) is 61.2 Å². The van der Waals surface area contributed by atoms with Crippen LogP contribution < -0.4 is 69.5 Å². The summed E-state index contributed by atoms with van der Waals surface area (Å²) in [6.45, 7) is 15.2. The lowest BCUT2D eigenvalue weighted by Gasteiger charge is -2.28. The lowest BCUT2D eigenvalue weighted by Crippen LogP contribution is -2.58. The number of hydrogen-bond acceptors (Lipinski definition) is 33. The quantitative estimate of drug-likeness (QED) is 0.0222. The van der Waals surface area contributed by atoms with Crippen LogP contribution in [-0.4, -0.2) is 365 Å². The molecule has 15 amide bonds. The highest BCUT2D eigenvalue weighted by Gasteiger charge is 2.35. The number of nitrogens with two attached hydrogens (primary N) is 2. The number of ether oxygens (including phenoxy) is 13. The molecule has 3 aromatic carbocycles. The van der Waals surface area contributed by atoms with E-state index in [4.69, 9.17) is 83.3 Å². The number of pyridine rings is 1. The highest BCUT2D eigenvalue weighted by molar-refractivity contribution is 6.28. The predicted molar refractivity (Wildman–Crippen MR) is 539 cm³/mol. The van der Waals surface area contributed by atoms with E-state index < -0.39 is 157 Å². The van der Waals surface area contributed by atoms with Gasteiger partial charge in [-0.3, -0.25) is 72.1 Å². The number of carbonyl (C=O) groups is 17. The van der Waals surface area contributed by atoms with Crippen LogP contribution in [0.2, 0.25) is 0 Å². The zero-order valence-corrected chi connectivity index (χ0v) is 85.1. The van der Waals surface area contributed by atoms with Crippen molar-refractivity contribution in [2.24, 2.45) is 22.4 Å². The van der Waals surface area contributed by atoms with Gasteiger partial charge in [0.1, 0.15) is 36.6 Å². The molecule has 7 rings (SSSR count). The number of benzene rings is 3. The van der Waals surface area contributed by atoms with E-state index in [0.717, 1.165) is 35.6 Å². The second kappa shape index (κ2) is 70.1. The number of aliphatic carboxylic acids is 3. The van der Waals surface area contributed by atoms with Crippen molar-refractivity contribution in [3.05, 3.63) is 130 Å². The van der Waals surface area contributed by atoms with Crippen molar-refractivity contribution in [2.45, 2.75) is 148 Å². The number of carboxylic acids is 3. The Morgan fingerprint density at radius 1 is 0.500 bits per heavy atom. The number of aromatic nitrogens is 1. The topological polar surface area (TPSA) is 678 Å². The Hall–Kier alpha value is -13.9. The van der Waals surface area contributed by atoms with Gasteiger partial charge < -0.3 is 151 Å². The maximum absolute atomic E-state index is 14.3. The molecule has 50 nitrogen and oxygen atoms in total. The van der Waals surface area contributed by atoms with Crippen LogP contribution in [0.3, 0.4) is 0 Å². The van der Waals surface area contributed by atoms with E-state index >= 15 is 0 Å². The molecule has 0 radical (unpaired) electrons. The molecule has 3 aliphatic heterocycles. The number of carbonyl (C=O) groups excluding carboxylic acids is 14. The van der Waals surface area contributed by atoms with Crippen molar-refractivity contribution in [1.29, 1.82) is 0 Å². The predicted octanol–water partition coefficient (Wildman–Crippen LogP) is 1.86. The van der Waals surface area contributed by atoms with Crippen LogP contribution in [0.15, 0.2) is 95.6 Å². The summed E-state index contributed by atoms with van der Waals surface area (Å²) < 4.78 is 71.5. The molecule has 0 aliphatic carbocycles. The van der Waals surface area contributed by atoms with Gasteiger partial charge in [0.15, 0.2) is 0 Å². The van der Waals surface area contributed by atoms with Crippen LogP contribution in [0.4, 0.5) is 32.3 Å². The summed E-state index contributed by atoms with van der Waals surface area (Å²) in [6, 6.07) is 10.4. The Morgan fingerprint density at radius 2 is 1.02 bits per heavy atom. The van der Waals surface area contributed by atoms with Gasteiger partial charge >= 0.3 is 30.0 Å². The van der Waals surface area contributed by atoms with Crippen molar-refractivity contribution >= 4 is 136 Å². The molecule has 3 aliphatic rings. The largest absolute Gasteiger partial charge is 0.481 e. The van der Waals surface area contributed by atoms with Gasteiger partial charge in [-0.1, -0.05) is 52.0 Å². The number of aliphatic imine (C=N–C) groups is 1. The number of nitrogens with one attached hydrogen (secondary N) is 10. The Kier molecular flexibility index (Phi) is 57.5. The number of rotatable bonds is 77. The third-order valence-corrected chi connectivity index (χ3v) is 22.4. The number of amidine groups is 1. The molecule has 1 aromatic heterocycles. The molecule has 4 atom stereocenters. The number of primary amides is 1. The monoisotopic (exact) mass is 2110 g/mol. The Morgan fingerprint density at radius 3 is 1.56 bits per heavy atom. The number of fused-ring (bicyclic) bond motifs is 2. The molecule has 0 unspecified atom stereocenters. The molecular weight excluding hydrogens is 1970 g/mol. The number of anilines is 3. The molecule has 150 heavy (non-hydrogen) atoms. The van der Waals surface area contributed by atoms with Crippen molar-refractivity contribution in [2.75, 3.05) is 220 Å². The molecule has 0 saturated heterocycles. The second-order valence-corrected chi connectivity index (χ2v) is 34.5. The number of carboxylic acid groups (broad SMARTS) is 3. The smallest absolute Gasteiger partial charge is 0.410 e. The first-order valence-corrected chi connectivity index (χ1v) is 49.7. The molecule has 4 aromatic rings. The standard InChI is InChI=1S/C100H141N17O33/c1-5-29-115(30-6-2)97(133)71-56-69-11-12-70(58-81(69)110-82(101)59-71)92(128)109-74-57-72-64-116(31-25-77(72)105-61-74)100(137)150-65-67-9-15-73(16-10-67)108-94(130)78(8-7-27-104-99(102)136)113-96(132)91(66(3)4)114-95(131)79(18-23-89(124)125)111-83(118)20-14-68-13-17-75(117-87(122)21-22-88(117)123)60-76(68)93(129)107-63-86(121)106-62-85(120)103-28-33-139-35-37-141-39-41-143-43-45-145-47-49-147-51-53-149-55-54-148-52-50-146-48-46-144-44-42-142-40-38-140-36-34-138-32-26-84(119)112-80(98(134)135)19-24-90(126)127/h9-13,15-17,21-22,56-58,60-61,66,78-80,91H,5-8,14,18-20,23-55,59,62-65H2,1-4H3,(H2,101,110)(H,103,120)(H,106,121)(H,107,129)(H,108,130)(H,109,128)(H,111,118)(H,112,119)(H,113,132)(H,114,131)(H,124,125)(H,126,127)(H,134,135)(H3,102,104,136)/t78-,79-,80-,91-/m0/s1. The third kappa shape index (κ3) is 48.1. The first-order valence-electron chi connectivity index (χ1n) is 49.7. The van der Waals surface area contributed by atoms with Crippen molar-refractivity contribution in [1.82, 2.24) is 57.3 Å². The van der Waals surface area contributed by atoms with Crippen molar-refractivity contribution in [3.63, 3.8) is 0 Å². The maximum atomic E-state index is 14.3. The van der Waals surface area contributed by atoms with Crippen molar-refractivity contribution < 1.29 is 158 Å². The lowest BCUT2D eigenvalue weighted by molar-refractivity contribution is -0.143. The van der Waals surface area contributed by atoms with E-state index in [9.17, 15) is 86.6 Å². The number of imide groups is 1. The summed E-state index contributed by atoms with van der Waals surface area (Å²) in [4.78, 5) is 233. The van der Waals surface area contributed by atoms with Crippen LogP contribution in [0.5, 0.6) is 0 Å². The number of amides is 15. The molecule has 4 heterocycles. The average molecular weight is 2110 g/mol. The average Bonchev–Trinajstić information content (AvgIpc) is 1.67. The van der Waals surface area contributed by atoms with E-state index in [1.807, 2.05) is 13.8 Å². The van der Waals surface area contributed by atoms with Crippen LogP contribution in [0.1, 0.15) is 147 Å². The fourth-order valence-corrected chi connectivity index (χ4v) is 14.7. The minimum atomic E-state index is -1.58. The molecule has 0 bridgehead atoms. The van der Waals surface area contributed by atoms with Crippen LogP contribution in [0.25, 0.3) is 6.08 Å². The van der Waals surface area contributed by atoms with Gasteiger partial charge in [-0.25, -0.2) is 24.3 Å². The van der Waals surface area contributed by atoms with E-state index in [1.165, 1.54) is 41.4 Å². The minimum Gasteiger partial charge on any atom is -0.481 e. The van der Waals surface area contributed by atoms with E-state index in [2.05, 4.69) is 63.1 Å². The fraction of sp³-hybridized carbons (Fsp3) is 0.550. The number of urea groups is 1. The highest BCUT2D eigenvalue weighted by atomic mass is 16.6. The van der Waals surface area contributed by atoms with Crippen molar-refractivity contribution in [3.8, 4) is 0 Å². The number of nitrogens with zero attached hydrogens (tertiary/aromatic N) is 5. The number of aryl methyl sites for hydroxylation is 1. The Bertz CT molecular complexity index is 5160. The Labute approximate surface area is 867 Å². The molecule has 824 valence electrons. The van der Waals surface area contributed by atoms with E-state index in [-0.39, 0.29) is 157 Å². The molecule has 0 spiro atoms. The SMILES string of the molecule is CCCN(CCC)C(=O)C1=Cc2ccc(C(=O)Nc3cnc4c(c3)CN(C(=O)OCc3ccc(NC(=O)[C@H](CCCNC(N)=O)NC(=O)[C@@H](NC(=O)[C@H](CCC(=O)O)NC(=O)CCc5ccc(N6C(=O)C=CC6=O)cc5C(=O)NCC(=O)NCC(=O)NCCOCCOCCOCCOCCOCCOCCOCCOCCOCCOCCOCCOCCC(=O)N[C@@H](CCC(=O)O)C(=O)O)C(C)C)cc3)CC4)cc2N=C(N)C1. The van der Waals surface area contributed by atoms with Gasteiger partial charge in [-0.05, 0) is 116 Å². The maximum Gasteiger partial charge on any atom is 0.410 e. The fourth-order valence-electron chi connectivity index (χ4n) is 14.7. The number of hydrogen-bond donors (Lipinski definition) is 15. The molecule has 50 heteroatoms. The van der Waals surface area contributed by atoms with Gasteiger partial charge in [0.05, 0.1) is 201 Å². The second-order valence-electron chi connectivity index (χ2n) is 34.5. The first-order chi connectivity index (χ1) is 72.3. The summed E-state index contributed by atoms with van der Waals surface area (Å²) in [7, 11) is 0. The molecular formula is C100H141N17O33. The van der Waals surface area contributed by atoms with Crippen LogP contribution in [-0.2, 0) is 150 Å². The van der Waals surface area contributed by atoms with Gasteiger partial charge in [0, 0.05) is 117 Å². The van der Waals surface area contributed by atoms with Crippen LogP contribution >= 0.6 is 0 Å². The third-order valence-electron chi connectivity index (χ3n) is 22.4. The van der Waals surface area contributed by atoms with Gasteiger partial charge in [-0.15, -0.1) is 0 Å². The van der Waals surface area contributed by atoms with Crippen LogP contribution in [0, 0.1) is 5.92 Å². The highest BCUT2D eigenvalue weighted by Crippen LogP contribution is 2.31.